The van der Waals surface area contributed by atoms with E-state index in [1.54, 1.807) is 24.3 Å². The molecule has 3 rings (SSSR count). The molecule has 9 heteroatoms. The number of aromatic nitrogens is 1. The summed E-state index contributed by atoms with van der Waals surface area (Å²) in [5.74, 6) is -1.40. The number of nitrogens with zero attached hydrogens (tertiary/aromatic N) is 1. The third-order valence-corrected chi connectivity index (χ3v) is 6.16. The van der Waals surface area contributed by atoms with Crippen LogP contribution in [-0.2, 0) is 0 Å². The molecule has 0 radical (unpaired) electrons. The zero-order valence-electron chi connectivity index (χ0n) is 12.5. The third-order valence-electron chi connectivity index (χ3n) is 2.99. The Morgan fingerprint density at radius 1 is 1.20 bits per heavy atom. The van der Waals surface area contributed by atoms with Crippen molar-refractivity contribution in [3.05, 3.63) is 52.9 Å². The van der Waals surface area contributed by atoms with Crippen molar-refractivity contribution in [2.24, 2.45) is 0 Å². The van der Waals surface area contributed by atoms with Crippen LogP contribution < -0.4 is 5.32 Å². The van der Waals surface area contributed by atoms with E-state index >= 15 is 0 Å². The standard InChI is InChI=1S/C16H11F3N2OS3/c17-16(18,19)9-24-11-5-2-1-4-10(11)21-14(22)13-8-20-15(25-13)12-6-3-7-23-12/h1-8H,9H2,(H,21,22). The van der Waals surface area contributed by atoms with Crippen molar-refractivity contribution in [1.29, 1.82) is 0 Å². The normalized spacial score (nSPS) is 11.5. The molecule has 0 aliphatic carbocycles. The fourth-order valence-electron chi connectivity index (χ4n) is 1.93. The van der Waals surface area contributed by atoms with Gasteiger partial charge in [0.05, 0.1) is 22.5 Å². The van der Waals surface area contributed by atoms with Gasteiger partial charge in [-0.15, -0.1) is 34.4 Å². The Labute approximate surface area is 153 Å². The number of hydrogen-bond donors (Lipinski definition) is 1. The Morgan fingerprint density at radius 3 is 2.72 bits per heavy atom. The van der Waals surface area contributed by atoms with Crippen LogP contribution in [0.1, 0.15) is 9.67 Å². The molecule has 1 aromatic carbocycles. The van der Waals surface area contributed by atoms with Gasteiger partial charge in [0.25, 0.3) is 5.91 Å². The van der Waals surface area contributed by atoms with E-state index in [1.807, 2.05) is 17.5 Å². The maximum atomic E-state index is 12.4. The number of rotatable bonds is 5. The lowest BCUT2D eigenvalue weighted by Gasteiger charge is -2.11. The molecule has 1 amide bonds. The SMILES string of the molecule is O=C(Nc1ccccc1SCC(F)(F)F)c1cnc(-c2cccs2)s1. The van der Waals surface area contributed by atoms with Gasteiger partial charge in [0, 0.05) is 4.90 Å². The summed E-state index contributed by atoms with van der Waals surface area (Å²) < 4.78 is 37.3. The molecule has 0 atom stereocenters. The van der Waals surface area contributed by atoms with E-state index in [0.717, 1.165) is 9.88 Å². The van der Waals surface area contributed by atoms with Crippen molar-refractivity contribution in [1.82, 2.24) is 4.98 Å². The van der Waals surface area contributed by atoms with Crippen molar-refractivity contribution in [3.8, 4) is 9.88 Å². The fourth-order valence-corrected chi connectivity index (χ4v) is 4.32. The van der Waals surface area contributed by atoms with Crippen LogP contribution >= 0.6 is 34.4 Å². The zero-order valence-corrected chi connectivity index (χ0v) is 15.0. The quantitative estimate of drug-likeness (QED) is 0.552. The largest absolute Gasteiger partial charge is 0.398 e. The van der Waals surface area contributed by atoms with Crippen LogP contribution in [0.5, 0.6) is 0 Å². The average Bonchev–Trinajstić information content (AvgIpc) is 3.24. The van der Waals surface area contributed by atoms with Crippen LogP contribution in [0.3, 0.4) is 0 Å². The maximum absolute atomic E-state index is 12.4. The van der Waals surface area contributed by atoms with Gasteiger partial charge in [-0.25, -0.2) is 4.98 Å². The Morgan fingerprint density at radius 2 is 2.00 bits per heavy atom. The van der Waals surface area contributed by atoms with Crippen LogP contribution in [0, 0.1) is 0 Å². The molecule has 3 nitrogen and oxygen atoms in total. The van der Waals surface area contributed by atoms with Crippen molar-refractivity contribution < 1.29 is 18.0 Å². The molecule has 1 N–H and O–H groups in total. The first-order chi connectivity index (χ1) is 11.9. The number of anilines is 1. The number of alkyl halides is 3. The number of thioether (sulfide) groups is 1. The van der Waals surface area contributed by atoms with E-state index in [4.69, 9.17) is 0 Å². The van der Waals surface area contributed by atoms with Crippen molar-refractivity contribution in [2.45, 2.75) is 11.1 Å². The molecule has 0 saturated heterocycles. The zero-order chi connectivity index (χ0) is 17.9. The summed E-state index contributed by atoms with van der Waals surface area (Å²) in [6.07, 6.45) is -2.80. The predicted molar refractivity (Wildman–Crippen MR) is 96.6 cm³/mol. The molecule has 0 unspecified atom stereocenters. The Balaban J connectivity index is 1.73. The van der Waals surface area contributed by atoms with Gasteiger partial charge in [-0.1, -0.05) is 18.2 Å². The second-order valence-corrected chi connectivity index (χ2v) is 7.86. The summed E-state index contributed by atoms with van der Waals surface area (Å²) in [5, 5.41) is 5.33. The molecule has 0 bridgehead atoms. The van der Waals surface area contributed by atoms with Gasteiger partial charge in [-0.05, 0) is 23.6 Å². The lowest BCUT2D eigenvalue weighted by Crippen LogP contribution is -2.13. The summed E-state index contributed by atoms with van der Waals surface area (Å²) >= 11 is 3.41. The lowest BCUT2D eigenvalue weighted by atomic mass is 10.3. The maximum Gasteiger partial charge on any atom is 0.398 e. The number of thiazole rings is 1. The first-order valence-electron chi connectivity index (χ1n) is 7.02. The molecule has 25 heavy (non-hydrogen) atoms. The first-order valence-corrected chi connectivity index (χ1v) is 9.70. The van der Waals surface area contributed by atoms with Crippen LogP contribution in [0.15, 0.2) is 52.9 Å². The molecular formula is C16H11F3N2OS3. The van der Waals surface area contributed by atoms with Crippen LogP contribution in [0.4, 0.5) is 18.9 Å². The molecule has 2 aromatic heterocycles. The van der Waals surface area contributed by atoms with Gasteiger partial charge in [-0.2, -0.15) is 13.2 Å². The second-order valence-electron chi connectivity index (χ2n) is 4.86. The fraction of sp³-hybridized carbons (Fsp3) is 0.125. The molecule has 2 heterocycles. The van der Waals surface area contributed by atoms with Gasteiger partial charge in [0.1, 0.15) is 9.88 Å². The predicted octanol–water partition coefficient (Wildman–Crippen LogP) is 5.78. The lowest BCUT2D eigenvalue weighted by molar-refractivity contribution is -0.105. The van der Waals surface area contributed by atoms with E-state index in [0.29, 0.717) is 27.2 Å². The van der Waals surface area contributed by atoms with Gasteiger partial charge in [-0.3, -0.25) is 4.79 Å². The summed E-state index contributed by atoms with van der Waals surface area (Å²) in [5.41, 5.74) is 0.354. The van der Waals surface area contributed by atoms with Crippen LogP contribution in [0.25, 0.3) is 9.88 Å². The highest BCUT2D eigenvalue weighted by Crippen LogP contribution is 2.33. The molecule has 0 fully saturated rings. The molecule has 0 aliphatic heterocycles. The molecule has 0 spiro atoms. The third kappa shape index (κ3) is 4.83. The van der Waals surface area contributed by atoms with Gasteiger partial charge >= 0.3 is 6.18 Å². The minimum Gasteiger partial charge on any atom is -0.320 e. The number of para-hydroxylation sites is 1. The smallest absolute Gasteiger partial charge is 0.320 e. The van der Waals surface area contributed by atoms with Crippen molar-refractivity contribution in [2.75, 3.05) is 11.1 Å². The van der Waals surface area contributed by atoms with E-state index in [2.05, 4.69) is 10.3 Å². The minimum absolute atomic E-state index is 0.354. The Bertz CT molecular complexity index is 860. The average molecular weight is 400 g/mol. The number of nitrogens with one attached hydrogen (secondary N) is 1. The Kier molecular flexibility index (Phi) is 5.45. The van der Waals surface area contributed by atoms with Gasteiger partial charge < -0.3 is 5.32 Å². The molecule has 3 aromatic rings. The second kappa shape index (κ2) is 7.59. The topological polar surface area (TPSA) is 42.0 Å². The molecular weight excluding hydrogens is 389 g/mol. The summed E-state index contributed by atoms with van der Waals surface area (Å²) in [6.45, 7) is 0. The highest BCUT2D eigenvalue weighted by atomic mass is 32.2. The first kappa shape index (κ1) is 18.0. The number of carbonyl (C=O) groups excluding carboxylic acids is 1. The van der Waals surface area contributed by atoms with Crippen molar-refractivity contribution >= 4 is 46.0 Å². The van der Waals surface area contributed by atoms with Gasteiger partial charge in [0.15, 0.2) is 0 Å². The van der Waals surface area contributed by atoms with Crippen molar-refractivity contribution in [3.63, 3.8) is 0 Å². The molecule has 130 valence electrons. The Hall–Kier alpha value is -1.84. The van der Waals surface area contributed by atoms with E-state index < -0.39 is 11.9 Å². The summed E-state index contributed by atoms with van der Waals surface area (Å²) in [6, 6.07) is 10.2. The van der Waals surface area contributed by atoms with Gasteiger partial charge in [0.2, 0.25) is 0 Å². The number of carbonyl (C=O) groups is 1. The molecule has 0 aliphatic rings. The van der Waals surface area contributed by atoms with Crippen LogP contribution in [0.2, 0.25) is 0 Å². The number of thiophene rings is 1. The van der Waals surface area contributed by atoms with E-state index in [9.17, 15) is 18.0 Å². The molecule has 0 saturated carbocycles. The summed E-state index contributed by atoms with van der Waals surface area (Å²) in [4.78, 5) is 18.3. The number of halogens is 3. The highest BCUT2D eigenvalue weighted by Gasteiger charge is 2.27. The number of benzene rings is 1. The van der Waals surface area contributed by atoms with E-state index in [1.165, 1.54) is 28.9 Å². The summed E-state index contributed by atoms with van der Waals surface area (Å²) in [7, 11) is 0. The minimum atomic E-state index is -4.27. The van der Waals surface area contributed by atoms with E-state index in [-0.39, 0.29) is 5.91 Å². The number of hydrogen-bond acceptors (Lipinski definition) is 5. The highest BCUT2D eigenvalue weighted by molar-refractivity contribution is 7.99. The number of amides is 1. The monoisotopic (exact) mass is 400 g/mol. The van der Waals surface area contributed by atoms with Crippen LogP contribution in [-0.4, -0.2) is 22.8 Å².